The van der Waals surface area contributed by atoms with Crippen LogP contribution >= 0.6 is 0 Å². The number of aliphatic carboxylic acids is 1. The summed E-state index contributed by atoms with van der Waals surface area (Å²) in [5.41, 5.74) is 1.01. The number of carboxylic acids is 1. The fourth-order valence-corrected chi connectivity index (χ4v) is 2.09. The Morgan fingerprint density at radius 1 is 1.40 bits per heavy atom. The van der Waals surface area contributed by atoms with Crippen molar-refractivity contribution >= 4 is 12.1 Å². The Morgan fingerprint density at radius 3 is 2.75 bits per heavy atom. The molecular formula is C15H23NO4. The molecule has 20 heavy (non-hydrogen) atoms. The highest BCUT2D eigenvalue weighted by atomic mass is 16.6. The molecule has 0 aromatic rings. The minimum absolute atomic E-state index is 0.215. The third-order valence-corrected chi connectivity index (χ3v) is 3.31. The van der Waals surface area contributed by atoms with Gasteiger partial charge in [-0.25, -0.2) is 9.59 Å². The molecule has 1 saturated heterocycles. The van der Waals surface area contributed by atoms with Crippen molar-refractivity contribution < 1.29 is 19.4 Å². The summed E-state index contributed by atoms with van der Waals surface area (Å²) < 4.78 is 5.21. The molecule has 0 radical (unpaired) electrons. The second-order valence-corrected chi connectivity index (χ2v) is 4.76. The first kappa shape index (κ1) is 16.3. The summed E-state index contributed by atoms with van der Waals surface area (Å²) in [6, 6.07) is -0.739. The molecule has 1 aliphatic heterocycles. The maximum absolute atomic E-state index is 11.9. The Morgan fingerprint density at radius 2 is 2.15 bits per heavy atom. The van der Waals surface area contributed by atoms with Crippen LogP contribution in [0.15, 0.2) is 23.8 Å². The van der Waals surface area contributed by atoms with Crippen LogP contribution in [0.3, 0.4) is 0 Å². The monoisotopic (exact) mass is 281 g/mol. The number of carboxylic acid groups (broad SMARTS) is 1. The van der Waals surface area contributed by atoms with E-state index in [1.54, 1.807) is 0 Å². The molecule has 1 N–H and O–H groups in total. The van der Waals surface area contributed by atoms with Gasteiger partial charge in [0, 0.05) is 6.54 Å². The Bertz CT molecular complexity index is 401. The molecule has 5 heteroatoms. The van der Waals surface area contributed by atoms with Crippen molar-refractivity contribution in [2.75, 3.05) is 13.2 Å². The maximum atomic E-state index is 11.9. The van der Waals surface area contributed by atoms with E-state index in [0.29, 0.717) is 19.4 Å². The lowest BCUT2D eigenvalue weighted by Crippen LogP contribution is -2.40. The fraction of sp³-hybridized carbons (Fsp3) is 0.600. The van der Waals surface area contributed by atoms with Gasteiger partial charge in [-0.15, -0.1) is 0 Å². The standard InChI is InChI=1S/C15H23NO4/c1-3-5-6-8-12(4-2)11-20-15(19)16-10-7-9-13(16)14(17)18/h5-6,8,13H,3-4,7,9-11H2,1-2H3,(H,17,18)/b6-5-,12-8+. The topological polar surface area (TPSA) is 66.8 Å². The minimum Gasteiger partial charge on any atom is -0.480 e. The van der Waals surface area contributed by atoms with Crippen LogP contribution in [-0.2, 0) is 9.53 Å². The zero-order chi connectivity index (χ0) is 15.0. The SMILES string of the molecule is CC/C=C\C=C(/CC)COC(=O)N1CCCC1C(=O)O. The van der Waals surface area contributed by atoms with E-state index in [-0.39, 0.29) is 6.61 Å². The van der Waals surface area contributed by atoms with Gasteiger partial charge in [-0.2, -0.15) is 0 Å². The highest BCUT2D eigenvalue weighted by Gasteiger charge is 2.34. The summed E-state index contributed by atoms with van der Waals surface area (Å²) in [5, 5.41) is 9.03. The fourth-order valence-electron chi connectivity index (χ4n) is 2.09. The van der Waals surface area contributed by atoms with Gasteiger partial charge in [-0.3, -0.25) is 4.90 Å². The third-order valence-electron chi connectivity index (χ3n) is 3.31. The van der Waals surface area contributed by atoms with Gasteiger partial charge in [0.1, 0.15) is 12.6 Å². The van der Waals surface area contributed by atoms with Crippen molar-refractivity contribution in [1.82, 2.24) is 4.90 Å². The lowest BCUT2D eigenvalue weighted by molar-refractivity contribution is -0.141. The summed E-state index contributed by atoms with van der Waals surface area (Å²) in [7, 11) is 0. The largest absolute Gasteiger partial charge is 0.480 e. The molecule has 5 nitrogen and oxygen atoms in total. The maximum Gasteiger partial charge on any atom is 0.410 e. The normalized spacial score (nSPS) is 19.6. The van der Waals surface area contributed by atoms with Gasteiger partial charge in [0.25, 0.3) is 0 Å². The van der Waals surface area contributed by atoms with Gasteiger partial charge in [0.15, 0.2) is 0 Å². The predicted molar refractivity (Wildman–Crippen MR) is 76.5 cm³/mol. The van der Waals surface area contributed by atoms with Crippen LogP contribution in [0.4, 0.5) is 4.79 Å². The first-order valence-electron chi connectivity index (χ1n) is 7.10. The van der Waals surface area contributed by atoms with E-state index in [1.807, 2.05) is 25.2 Å². The van der Waals surface area contributed by atoms with E-state index in [2.05, 4.69) is 6.92 Å². The van der Waals surface area contributed by atoms with Gasteiger partial charge < -0.3 is 9.84 Å². The Labute approximate surface area is 119 Å². The highest BCUT2D eigenvalue weighted by molar-refractivity contribution is 5.80. The van der Waals surface area contributed by atoms with E-state index in [9.17, 15) is 9.59 Å². The van der Waals surface area contributed by atoms with Crippen LogP contribution in [0.1, 0.15) is 39.5 Å². The van der Waals surface area contributed by atoms with Crippen molar-refractivity contribution in [3.05, 3.63) is 23.8 Å². The van der Waals surface area contributed by atoms with E-state index < -0.39 is 18.1 Å². The second kappa shape index (κ2) is 8.40. The van der Waals surface area contributed by atoms with Crippen molar-refractivity contribution in [2.24, 2.45) is 0 Å². The second-order valence-electron chi connectivity index (χ2n) is 4.76. The van der Waals surface area contributed by atoms with Gasteiger partial charge in [0.05, 0.1) is 0 Å². The number of likely N-dealkylation sites (tertiary alicyclic amines) is 1. The molecule has 0 bridgehead atoms. The predicted octanol–water partition coefficient (Wildman–Crippen LogP) is 2.97. The number of carbonyl (C=O) groups excluding carboxylic acids is 1. The lowest BCUT2D eigenvalue weighted by Gasteiger charge is -2.21. The van der Waals surface area contributed by atoms with Gasteiger partial charge >= 0.3 is 12.1 Å². The van der Waals surface area contributed by atoms with Crippen LogP contribution in [0.25, 0.3) is 0 Å². The molecule has 1 fully saturated rings. The first-order valence-corrected chi connectivity index (χ1v) is 7.10. The minimum atomic E-state index is -0.961. The summed E-state index contributed by atoms with van der Waals surface area (Å²) in [6.07, 6.45) is 8.34. The van der Waals surface area contributed by atoms with E-state index in [1.165, 1.54) is 4.90 Å². The van der Waals surface area contributed by atoms with Crippen LogP contribution in [0.5, 0.6) is 0 Å². The average Bonchev–Trinajstić information content (AvgIpc) is 2.92. The van der Waals surface area contributed by atoms with Crippen molar-refractivity contribution in [3.8, 4) is 0 Å². The van der Waals surface area contributed by atoms with Gasteiger partial charge in [0.2, 0.25) is 0 Å². The molecule has 0 spiro atoms. The summed E-state index contributed by atoms with van der Waals surface area (Å²) in [4.78, 5) is 24.2. The number of nitrogens with zero attached hydrogens (tertiary/aromatic N) is 1. The average molecular weight is 281 g/mol. The number of hydrogen-bond acceptors (Lipinski definition) is 3. The van der Waals surface area contributed by atoms with Crippen LogP contribution in [-0.4, -0.2) is 41.3 Å². The van der Waals surface area contributed by atoms with Gasteiger partial charge in [-0.1, -0.05) is 32.1 Å². The molecule has 112 valence electrons. The zero-order valence-corrected chi connectivity index (χ0v) is 12.2. The number of rotatable bonds is 6. The summed E-state index contributed by atoms with van der Waals surface area (Å²) >= 11 is 0. The number of amides is 1. The molecule has 0 aliphatic carbocycles. The van der Waals surface area contributed by atoms with Crippen LogP contribution in [0, 0.1) is 0 Å². The lowest BCUT2D eigenvalue weighted by atomic mass is 10.2. The van der Waals surface area contributed by atoms with E-state index in [0.717, 1.165) is 18.4 Å². The van der Waals surface area contributed by atoms with Crippen molar-refractivity contribution in [1.29, 1.82) is 0 Å². The Kier molecular flexibility index (Phi) is 6.84. The molecule has 1 rings (SSSR count). The Balaban J connectivity index is 2.51. The van der Waals surface area contributed by atoms with Crippen LogP contribution in [0.2, 0.25) is 0 Å². The number of hydrogen-bond donors (Lipinski definition) is 1. The summed E-state index contributed by atoms with van der Waals surface area (Å²) in [5.74, 6) is -0.961. The molecule has 1 aliphatic rings. The molecule has 0 aromatic carbocycles. The molecule has 1 amide bonds. The van der Waals surface area contributed by atoms with Crippen LogP contribution < -0.4 is 0 Å². The van der Waals surface area contributed by atoms with Crippen molar-refractivity contribution in [2.45, 2.75) is 45.6 Å². The van der Waals surface area contributed by atoms with Crippen molar-refractivity contribution in [3.63, 3.8) is 0 Å². The van der Waals surface area contributed by atoms with E-state index >= 15 is 0 Å². The molecule has 1 unspecified atom stereocenters. The number of allylic oxidation sites excluding steroid dienone is 3. The summed E-state index contributed by atoms with van der Waals surface area (Å²) in [6.45, 7) is 4.72. The van der Waals surface area contributed by atoms with E-state index in [4.69, 9.17) is 9.84 Å². The smallest absolute Gasteiger partial charge is 0.410 e. The third kappa shape index (κ3) is 4.72. The van der Waals surface area contributed by atoms with Gasteiger partial charge in [-0.05, 0) is 31.3 Å². The molecule has 1 atom stereocenters. The zero-order valence-electron chi connectivity index (χ0n) is 12.2. The molecule has 1 heterocycles. The molecular weight excluding hydrogens is 258 g/mol. The Hall–Kier alpha value is -1.78. The quantitative estimate of drug-likeness (QED) is 0.760. The molecule has 0 aromatic heterocycles. The first-order chi connectivity index (χ1) is 9.60. The number of ether oxygens (including phenoxy) is 1. The highest BCUT2D eigenvalue weighted by Crippen LogP contribution is 2.18. The molecule has 0 saturated carbocycles. The number of carbonyl (C=O) groups is 2.